The number of carbonyl (C=O) groups excluding carboxylic acids is 1. The number of likely N-dealkylation sites (N-methyl/N-ethyl adjacent to an activating group) is 1. The van der Waals surface area contributed by atoms with E-state index in [1.54, 1.807) is 32.0 Å². The number of hydrogen-bond acceptors (Lipinski definition) is 4. The number of nitriles is 1. The van der Waals surface area contributed by atoms with E-state index < -0.39 is 5.60 Å². The maximum Gasteiger partial charge on any atom is 0.150 e. The van der Waals surface area contributed by atoms with E-state index >= 15 is 0 Å². The van der Waals surface area contributed by atoms with Gasteiger partial charge in [-0.2, -0.15) is 5.26 Å². The molecule has 0 saturated carbocycles. The average Bonchev–Trinajstić information content (AvgIpc) is 2.34. The molecule has 96 valence electrons. The number of aldehydes is 1. The molecule has 1 rings (SSSR count). The van der Waals surface area contributed by atoms with Gasteiger partial charge in [0.05, 0.1) is 16.9 Å². The van der Waals surface area contributed by atoms with E-state index in [0.29, 0.717) is 24.2 Å². The number of anilines is 1. The quantitative estimate of drug-likeness (QED) is 0.807. The second-order valence-electron chi connectivity index (χ2n) is 4.83. The van der Waals surface area contributed by atoms with Crippen LogP contribution in [0, 0.1) is 11.3 Å². The SMILES string of the molecule is CCN(CC(C)(C)O)c1ccc(C=O)cc1C#N. The van der Waals surface area contributed by atoms with E-state index in [-0.39, 0.29) is 0 Å². The highest BCUT2D eigenvalue weighted by molar-refractivity contribution is 5.78. The first-order chi connectivity index (χ1) is 8.41. The Morgan fingerprint density at radius 3 is 2.61 bits per heavy atom. The van der Waals surface area contributed by atoms with Gasteiger partial charge in [-0.15, -0.1) is 0 Å². The molecule has 0 unspecified atom stereocenters. The molecule has 0 aliphatic rings. The molecule has 0 atom stereocenters. The number of carbonyl (C=O) groups is 1. The number of nitrogens with zero attached hydrogens (tertiary/aromatic N) is 2. The van der Waals surface area contributed by atoms with Crippen LogP contribution in [0.1, 0.15) is 36.7 Å². The highest BCUT2D eigenvalue weighted by atomic mass is 16.3. The lowest BCUT2D eigenvalue weighted by molar-refractivity contribution is 0.0875. The standard InChI is InChI=1S/C14H18N2O2/c1-4-16(10-14(2,3)18)13-6-5-11(9-17)7-12(13)8-15/h5-7,9,18H,4,10H2,1-3H3. The number of aliphatic hydroxyl groups is 1. The van der Waals surface area contributed by atoms with Gasteiger partial charge in [-0.05, 0) is 39.0 Å². The van der Waals surface area contributed by atoms with Crippen LogP contribution < -0.4 is 4.90 Å². The fourth-order valence-corrected chi connectivity index (χ4v) is 1.83. The summed E-state index contributed by atoms with van der Waals surface area (Å²) in [6.07, 6.45) is 0.719. The predicted octanol–water partition coefficient (Wildman–Crippen LogP) is 1.97. The van der Waals surface area contributed by atoms with Crippen molar-refractivity contribution in [2.45, 2.75) is 26.4 Å². The first-order valence-corrected chi connectivity index (χ1v) is 5.88. The Hall–Kier alpha value is -1.86. The molecule has 0 aliphatic carbocycles. The summed E-state index contributed by atoms with van der Waals surface area (Å²) in [5, 5.41) is 19.0. The zero-order chi connectivity index (χ0) is 13.8. The monoisotopic (exact) mass is 246 g/mol. The molecule has 0 heterocycles. The van der Waals surface area contributed by atoms with Gasteiger partial charge in [0, 0.05) is 18.7 Å². The minimum absolute atomic E-state index is 0.429. The summed E-state index contributed by atoms with van der Waals surface area (Å²) in [6, 6.07) is 7.08. The molecule has 18 heavy (non-hydrogen) atoms. The summed E-state index contributed by atoms with van der Waals surface area (Å²) in [6.45, 7) is 6.52. The number of rotatable bonds is 5. The zero-order valence-corrected chi connectivity index (χ0v) is 11.0. The van der Waals surface area contributed by atoms with Crippen LogP contribution in [0.3, 0.4) is 0 Å². The molecule has 0 bridgehead atoms. The summed E-state index contributed by atoms with van der Waals surface area (Å²) in [7, 11) is 0. The molecule has 1 aromatic rings. The zero-order valence-electron chi connectivity index (χ0n) is 11.0. The summed E-state index contributed by atoms with van der Waals surface area (Å²) < 4.78 is 0. The minimum Gasteiger partial charge on any atom is -0.389 e. The first-order valence-electron chi connectivity index (χ1n) is 5.88. The first kappa shape index (κ1) is 14.2. The van der Waals surface area contributed by atoms with Crippen LogP contribution in [0.25, 0.3) is 0 Å². The van der Waals surface area contributed by atoms with Gasteiger partial charge in [-0.3, -0.25) is 4.79 Å². The van der Waals surface area contributed by atoms with Crippen molar-refractivity contribution in [1.82, 2.24) is 0 Å². The van der Waals surface area contributed by atoms with E-state index in [9.17, 15) is 9.90 Å². The van der Waals surface area contributed by atoms with E-state index in [4.69, 9.17) is 5.26 Å². The molecule has 1 N–H and O–H groups in total. The van der Waals surface area contributed by atoms with Gasteiger partial charge in [0.1, 0.15) is 12.4 Å². The van der Waals surface area contributed by atoms with Crippen molar-refractivity contribution in [2.24, 2.45) is 0 Å². The third-order valence-electron chi connectivity index (χ3n) is 2.58. The number of hydrogen-bond donors (Lipinski definition) is 1. The molecular formula is C14H18N2O2. The van der Waals surface area contributed by atoms with Crippen molar-refractivity contribution in [2.75, 3.05) is 18.0 Å². The topological polar surface area (TPSA) is 64.3 Å². The molecule has 1 aromatic carbocycles. The van der Waals surface area contributed by atoms with Gasteiger partial charge in [-0.25, -0.2) is 0 Å². The van der Waals surface area contributed by atoms with E-state index in [0.717, 1.165) is 12.0 Å². The largest absolute Gasteiger partial charge is 0.389 e. The molecule has 0 radical (unpaired) electrons. The molecule has 4 heteroatoms. The fraction of sp³-hybridized carbons (Fsp3) is 0.429. The molecule has 0 spiro atoms. The summed E-state index contributed by atoms with van der Waals surface area (Å²) in [5.41, 5.74) is 0.833. The van der Waals surface area contributed by atoms with Crippen molar-refractivity contribution >= 4 is 12.0 Å². The Morgan fingerprint density at radius 2 is 2.17 bits per heavy atom. The van der Waals surface area contributed by atoms with Crippen molar-refractivity contribution in [3.8, 4) is 6.07 Å². The van der Waals surface area contributed by atoms with Gasteiger partial charge >= 0.3 is 0 Å². The smallest absolute Gasteiger partial charge is 0.150 e. The maximum absolute atomic E-state index is 10.7. The van der Waals surface area contributed by atoms with E-state index in [1.807, 2.05) is 11.8 Å². The second-order valence-corrected chi connectivity index (χ2v) is 4.83. The molecule has 0 aliphatic heterocycles. The summed E-state index contributed by atoms with van der Waals surface area (Å²) >= 11 is 0. The second kappa shape index (κ2) is 5.65. The van der Waals surface area contributed by atoms with Gasteiger partial charge in [0.25, 0.3) is 0 Å². The van der Waals surface area contributed by atoms with Crippen molar-refractivity contribution < 1.29 is 9.90 Å². The van der Waals surface area contributed by atoms with Crippen molar-refractivity contribution in [3.63, 3.8) is 0 Å². The van der Waals surface area contributed by atoms with E-state index in [2.05, 4.69) is 6.07 Å². The molecular weight excluding hydrogens is 228 g/mol. The third kappa shape index (κ3) is 3.57. The molecule has 0 fully saturated rings. The summed E-state index contributed by atoms with van der Waals surface area (Å²) in [5.74, 6) is 0. The Labute approximate surface area is 107 Å². The highest BCUT2D eigenvalue weighted by Crippen LogP contribution is 2.22. The lowest BCUT2D eigenvalue weighted by Crippen LogP contribution is -2.39. The van der Waals surface area contributed by atoms with Crippen LogP contribution in [-0.2, 0) is 0 Å². The lowest BCUT2D eigenvalue weighted by Gasteiger charge is -2.30. The Balaban J connectivity index is 3.14. The molecule has 0 aromatic heterocycles. The maximum atomic E-state index is 10.7. The van der Waals surface area contributed by atoms with Crippen molar-refractivity contribution in [1.29, 1.82) is 5.26 Å². The van der Waals surface area contributed by atoms with Gasteiger partial charge in [-0.1, -0.05) is 0 Å². The lowest BCUT2D eigenvalue weighted by atomic mass is 10.1. The fourth-order valence-electron chi connectivity index (χ4n) is 1.83. The van der Waals surface area contributed by atoms with E-state index in [1.165, 1.54) is 0 Å². The molecule has 0 amide bonds. The Kier molecular flexibility index (Phi) is 4.46. The van der Waals surface area contributed by atoms with Crippen LogP contribution in [0.5, 0.6) is 0 Å². The van der Waals surface area contributed by atoms with Crippen LogP contribution in [0.4, 0.5) is 5.69 Å². The number of benzene rings is 1. The van der Waals surface area contributed by atoms with Gasteiger partial charge < -0.3 is 10.0 Å². The van der Waals surface area contributed by atoms with Gasteiger partial charge in [0.15, 0.2) is 0 Å². The van der Waals surface area contributed by atoms with Gasteiger partial charge in [0.2, 0.25) is 0 Å². The van der Waals surface area contributed by atoms with Crippen LogP contribution >= 0.6 is 0 Å². The van der Waals surface area contributed by atoms with Crippen LogP contribution in [0.2, 0.25) is 0 Å². The normalized spacial score (nSPS) is 10.8. The molecule has 0 saturated heterocycles. The minimum atomic E-state index is -0.841. The summed E-state index contributed by atoms with van der Waals surface area (Å²) in [4.78, 5) is 12.6. The molecule has 4 nitrogen and oxygen atoms in total. The van der Waals surface area contributed by atoms with Crippen molar-refractivity contribution in [3.05, 3.63) is 29.3 Å². The predicted molar refractivity (Wildman–Crippen MR) is 70.7 cm³/mol. The Morgan fingerprint density at radius 1 is 1.50 bits per heavy atom. The Bertz CT molecular complexity index is 470. The van der Waals surface area contributed by atoms with Crippen LogP contribution in [-0.4, -0.2) is 30.1 Å². The third-order valence-corrected chi connectivity index (χ3v) is 2.58. The highest BCUT2D eigenvalue weighted by Gasteiger charge is 2.19. The average molecular weight is 246 g/mol. The van der Waals surface area contributed by atoms with Crippen LogP contribution in [0.15, 0.2) is 18.2 Å².